The number of rotatable bonds is 5. The highest BCUT2D eigenvalue weighted by Crippen LogP contribution is 2.16. The smallest absolute Gasteiger partial charge is 0.407 e. The summed E-state index contributed by atoms with van der Waals surface area (Å²) >= 11 is 0. The van der Waals surface area contributed by atoms with E-state index in [2.05, 4.69) is 10.6 Å². The van der Waals surface area contributed by atoms with Gasteiger partial charge in [0.2, 0.25) is 0 Å². The van der Waals surface area contributed by atoms with Crippen molar-refractivity contribution in [2.45, 2.75) is 59.2 Å². The lowest BCUT2D eigenvalue weighted by molar-refractivity contribution is 0.0507. The molecule has 0 bridgehead atoms. The van der Waals surface area contributed by atoms with Crippen molar-refractivity contribution < 1.29 is 13.9 Å². The Morgan fingerprint density at radius 3 is 2.50 bits per heavy atom. The SMILES string of the molecule is Cc1ccc(C(C)NCC(C)NC(=O)OC(C)(C)C)cc1F. The maximum Gasteiger partial charge on any atom is 0.407 e. The molecule has 5 heteroatoms. The number of amides is 1. The van der Waals surface area contributed by atoms with E-state index in [1.165, 1.54) is 0 Å². The summed E-state index contributed by atoms with van der Waals surface area (Å²) in [6, 6.07) is 5.12. The van der Waals surface area contributed by atoms with Crippen LogP contribution in [0.5, 0.6) is 0 Å². The Balaban J connectivity index is 2.44. The second kappa shape index (κ2) is 7.58. The van der Waals surface area contributed by atoms with Gasteiger partial charge in [-0.1, -0.05) is 12.1 Å². The first-order valence-electron chi connectivity index (χ1n) is 7.57. The standard InChI is InChI=1S/C17H27FN2O2/c1-11-7-8-14(9-15(11)18)13(3)19-10-12(2)20-16(21)22-17(4,5)6/h7-9,12-13,19H,10H2,1-6H3,(H,20,21). The minimum absolute atomic E-state index is 0.00186. The van der Waals surface area contributed by atoms with Crippen molar-refractivity contribution in [2.24, 2.45) is 0 Å². The molecule has 0 saturated heterocycles. The molecule has 0 fully saturated rings. The summed E-state index contributed by atoms with van der Waals surface area (Å²) in [4.78, 5) is 11.7. The third-order valence-corrected chi connectivity index (χ3v) is 3.19. The average Bonchev–Trinajstić information content (AvgIpc) is 2.36. The molecule has 1 aromatic rings. The van der Waals surface area contributed by atoms with Gasteiger partial charge >= 0.3 is 6.09 Å². The zero-order chi connectivity index (χ0) is 16.9. The lowest BCUT2D eigenvalue weighted by atomic mass is 10.1. The van der Waals surface area contributed by atoms with E-state index < -0.39 is 11.7 Å². The van der Waals surface area contributed by atoms with Crippen molar-refractivity contribution >= 4 is 6.09 Å². The Kier molecular flexibility index (Phi) is 6.35. The summed E-state index contributed by atoms with van der Waals surface area (Å²) in [5, 5.41) is 6.04. The van der Waals surface area contributed by atoms with Crippen LogP contribution in [0.2, 0.25) is 0 Å². The lowest BCUT2D eigenvalue weighted by Gasteiger charge is -2.23. The molecule has 0 spiro atoms. The monoisotopic (exact) mass is 310 g/mol. The molecule has 1 rings (SSSR count). The summed E-state index contributed by atoms with van der Waals surface area (Å²) in [7, 11) is 0. The third-order valence-electron chi connectivity index (χ3n) is 3.19. The molecule has 2 N–H and O–H groups in total. The highest BCUT2D eigenvalue weighted by Gasteiger charge is 2.18. The summed E-state index contributed by atoms with van der Waals surface area (Å²) in [6.45, 7) is 11.6. The molecule has 2 unspecified atom stereocenters. The molecule has 1 aromatic carbocycles. The fourth-order valence-electron chi connectivity index (χ4n) is 1.91. The molecular formula is C17H27FN2O2. The Bertz CT molecular complexity index is 512. The van der Waals surface area contributed by atoms with Crippen molar-refractivity contribution in [3.05, 3.63) is 35.1 Å². The number of hydrogen-bond acceptors (Lipinski definition) is 3. The zero-order valence-electron chi connectivity index (χ0n) is 14.3. The lowest BCUT2D eigenvalue weighted by Crippen LogP contribution is -2.43. The van der Waals surface area contributed by atoms with E-state index in [0.29, 0.717) is 12.1 Å². The Hall–Kier alpha value is -1.62. The number of benzene rings is 1. The van der Waals surface area contributed by atoms with E-state index in [1.54, 1.807) is 19.1 Å². The van der Waals surface area contributed by atoms with Crippen LogP contribution in [0.4, 0.5) is 9.18 Å². The topological polar surface area (TPSA) is 50.4 Å². The minimum atomic E-state index is -0.510. The Labute approximate surface area is 132 Å². The molecular weight excluding hydrogens is 283 g/mol. The summed E-state index contributed by atoms with van der Waals surface area (Å²) in [6.07, 6.45) is -0.434. The first-order valence-corrected chi connectivity index (χ1v) is 7.57. The maximum atomic E-state index is 13.6. The predicted octanol–water partition coefficient (Wildman–Crippen LogP) is 3.70. The van der Waals surface area contributed by atoms with Gasteiger partial charge in [-0.05, 0) is 58.7 Å². The van der Waals surface area contributed by atoms with Crippen LogP contribution in [-0.2, 0) is 4.74 Å². The summed E-state index contributed by atoms with van der Waals surface area (Å²) in [5.74, 6) is -0.203. The van der Waals surface area contributed by atoms with Crippen LogP contribution in [-0.4, -0.2) is 24.3 Å². The van der Waals surface area contributed by atoms with Crippen molar-refractivity contribution in [2.75, 3.05) is 6.54 Å². The van der Waals surface area contributed by atoms with Crippen molar-refractivity contribution in [1.82, 2.24) is 10.6 Å². The van der Waals surface area contributed by atoms with Gasteiger partial charge in [0.05, 0.1) is 0 Å². The molecule has 0 saturated carbocycles. The van der Waals surface area contributed by atoms with Gasteiger partial charge in [0, 0.05) is 18.6 Å². The number of carbonyl (C=O) groups excluding carboxylic acids is 1. The summed E-state index contributed by atoms with van der Waals surface area (Å²) < 4.78 is 18.8. The van der Waals surface area contributed by atoms with Crippen LogP contribution in [0.1, 0.15) is 51.8 Å². The fourth-order valence-corrected chi connectivity index (χ4v) is 1.91. The van der Waals surface area contributed by atoms with E-state index in [9.17, 15) is 9.18 Å². The van der Waals surface area contributed by atoms with Crippen LogP contribution >= 0.6 is 0 Å². The van der Waals surface area contributed by atoms with Crippen molar-refractivity contribution in [3.63, 3.8) is 0 Å². The molecule has 22 heavy (non-hydrogen) atoms. The van der Waals surface area contributed by atoms with E-state index >= 15 is 0 Å². The van der Waals surface area contributed by atoms with Gasteiger partial charge in [-0.3, -0.25) is 0 Å². The van der Waals surface area contributed by atoms with Gasteiger partial charge in [0.25, 0.3) is 0 Å². The number of aryl methyl sites for hydroxylation is 1. The molecule has 1 amide bonds. The third kappa shape index (κ3) is 6.43. The fraction of sp³-hybridized carbons (Fsp3) is 0.588. The average molecular weight is 310 g/mol. The highest BCUT2D eigenvalue weighted by atomic mass is 19.1. The van der Waals surface area contributed by atoms with Crippen LogP contribution in [0.3, 0.4) is 0 Å². The van der Waals surface area contributed by atoms with Crippen LogP contribution in [0, 0.1) is 12.7 Å². The number of nitrogens with one attached hydrogen (secondary N) is 2. The van der Waals surface area contributed by atoms with Crippen LogP contribution < -0.4 is 10.6 Å². The van der Waals surface area contributed by atoms with Crippen LogP contribution in [0.15, 0.2) is 18.2 Å². The number of hydrogen-bond donors (Lipinski definition) is 2. The molecule has 124 valence electrons. The minimum Gasteiger partial charge on any atom is -0.444 e. The Morgan fingerprint density at radius 2 is 1.95 bits per heavy atom. The zero-order valence-corrected chi connectivity index (χ0v) is 14.3. The number of alkyl carbamates (subject to hydrolysis) is 1. The second-order valence-corrected chi connectivity index (χ2v) is 6.69. The predicted molar refractivity (Wildman–Crippen MR) is 86.4 cm³/mol. The molecule has 0 aromatic heterocycles. The normalized spacial score (nSPS) is 14.3. The Morgan fingerprint density at radius 1 is 1.32 bits per heavy atom. The van der Waals surface area contributed by atoms with Gasteiger partial charge in [-0.25, -0.2) is 9.18 Å². The molecule has 2 atom stereocenters. The first-order chi connectivity index (χ1) is 10.1. The second-order valence-electron chi connectivity index (χ2n) is 6.69. The summed E-state index contributed by atoms with van der Waals surface area (Å²) in [5.41, 5.74) is 1.01. The van der Waals surface area contributed by atoms with Gasteiger partial charge < -0.3 is 15.4 Å². The van der Waals surface area contributed by atoms with Gasteiger partial charge in [0.15, 0.2) is 0 Å². The highest BCUT2D eigenvalue weighted by molar-refractivity contribution is 5.68. The molecule has 0 aliphatic carbocycles. The van der Waals surface area contributed by atoms with E-state index in [-0.39, 0.29) is 17.9 Å². The number of ether oxygens (including phenoxy) is 1. The van der Waals surface area contributed by atoms with Gasteiger partial charge in [0.1, 0.15) is 11.4 Å². The molecule has 0 heterocycles. The van der Waals surface area contributed by atoms with E-state index in [0.717, 1.165) is 5.56 Å². The van der Waals surface area contributed by atoms with Crippen LogP contribution in [0.25, 0.3) is 0 Å². The van der Waals surface area contributed by atoms with Crippen molar-refractivity contribution in [3.8, 4) is 0 Å². The first kappa shape index (κ1) is 18.4. The number of carbonyl (C=O) groups is 1. The van der Waals surface area contributed by atoms with E-state index in [4.69, 9.17) is 4.74 Å². The quantitative estimate of drug-likeness (QED) is 0.872. The van der Waals surface area contributed by atoms with Gasteiger partial charge in [-0.15, -0.1) is 0 Å². The molecule has 0 aliphatic heterocycles. The molecule has 0 radical (unpaired) electrons. The van der Waals surface area contributed by atoms with Gasteiger partial charge in [-0.2, -0.15) is 0 Å². The number of halogens is 1. The molecule has 0 aliphatic rings. The largest absolute Gasteiger partial charge is 0.444 e. The van der Waals surface area contributed by atoms with E-state index in [1.807, 2.05) is 40.7 Å². The maximum absolute atomic E-state index is 13.6. The molecule has 4 nitrogen and oxygen atoms in total. The van der Waals surface area contributed by atoms with Crippen molar-refractivity contribution in [1.29, 1.82) is 0 Å².